The van der Waals surface area contributed by atoms with Gasteiger partial charge >= 0.3 is 0 Å². The zero-order valence-electron chi connectivity index (χ0n) is 6.80. The molecular weight excluding hydrogens is 187 g/mol. The second-order valence-corrected chi connectivity index (χ2v) is 3.97. The lowest BCUT2D eigenvalue weighted by molar-refractivity contribution is -0.179. The first-order chi connectivity index (χ1) is 4.96. The Morgan fingerprint density at radius 2 is 1.55 bits per heavy atom. The molecule has 0 saturated carbocycles. The lowest BCUT2D eigenvalue weighted by Crippen LogP contribution is -2.32. The average Bonchev–Trinajstić information content (AvgIpc) is 2.09. The maximum absolute atomic E-state index is 5.71. The lowest BCUT2D eigenvalue weighted by Gasteiger charge is -2.26. The van der Waals surface area contributed by atoms with E-state index in [-0.39, 0.29) is 5.92 Å². The molecule has 1 heterocycles. The highest BCUT2D eigenvalue weighted by Crippen LogP contribution is 2.37. The third kappa shape index (κ3) is 1.81. The Morgan fingerprint density at radius 1 is 1.18 bits per heavy atom. The standard InChI is InChI=1S/C7H12Cl2O2/c1-4(2)7(3)10-5(8)6(9)11-7/h4-6H,1-3H3. The van der Waals surface area contributed by atoms with Gasteiger partial charge in [-0.05, 0) is 6.92 Å². The van der Waals surface area contributed by atoms with E-state index in [0.717, 1.165) is 0 Å². The fraction of sp³-hybridized carbons (Fsp3) is 1.00. The third-order valence-electron chi connectivity index (χ3n) is 1.95. The van der Waals surface area contributed by atoms with Crippen molar-refractivity contribution in [2.45, 2.75) is 37.7 Å². The van der Waals surface area contributed by atoms with Gasteiger partial charge in [0.2, 0.25) is 0 Å². The second kappa shape index (κ2) is 3.09. The molecule has 2 atom stereocenters. The summed E-state index contributed by atoms with van der Waals surface area (Å²) in [5.74, 6) is -0.383. The molecule has 1 saturated heterocycles. The van der Waals surface area contributed by atoms with Gasteiger partial charge < -0.3 is 9.47 Å². The molecule has 0 aromatic carbocycles. The van der Waals surface area contributed by atoms with Gasteiger partial charge in [0, 0.05) is 5.92 Å². The van der Waals surface area contributed by atoms with Gasteiger partial charge in [0.05, 0.1) is 0 Å². The molecule has 0 bridgehead atoms. The number of halogens is 2. The van der Waals surface area contributed by atoms with Crippen LogP contribution in [-0.4, -0.2) is 16.9 Å². The van der Waals surface area contributed by atoms with Crippen molar-refractivity contribution in [3.8, 4) is 0 Å². The van der Waals surface area contributed by atoms with Gasteiger partial charge in [-0.1, -0.05) is 37.0 Å². The summed E-state index contributed by atoms with van der Waals surface area (Å²) < 4.78 is 10.7. The van der Waals surface area contributed by atoms with Crippen molar-refractivity contribution >= 4 is 23.2 Å². The maximum atomic E-state index is 5.71. The van der Waals surface area contributed by atoms with Gasteiger partial charge in [-0.15, -0.1) is 0 Å². The minimum absolute atomic E-state index is 0.243. The molecule has 0 aliphatic carbocycles. The lowest BCUT2D eigenvalue weighted by atomic mass is 10.1. The van der Waals surface area contributed by atoms with Crippen LogP contribution in [0.3, 0.4) is 0 Å². The number of alkyl halides is 2. The van der Waals surface area contributed by atoms with Gasteiger partial charge in [0.15, 0.2) is 16.9 Å². The molecule has 0 spiro atoms. The van der Waals surface area contributed by atoms with Gasteiger partial charge in [-0.2, -0.15) is 0 Å². The first kappa shape index (κ1) is 9.59. The molecule has 4 heteroatoms. The second-order valence-electron chi connectivity index (χ2n) is 3.11. The number of hydrogen-bond donors (Lipinski definition) is 0. The highest BCUT2D eigenvalue weighted by atomic mass is 35.5. The summed E-state index contributed by atoms with van der Waals surface area (Å²) in [6.45, 7) is 5.84. The first-order valence-corrected chi connectivity index (χ1v) is 4.47. The van der Waals surface area contributed by atoms with E-state index in [1.807, 2.05) is 20.8 Å². The Labute approximate surface area is 76.8 Å². The summed E-state index contributed by atoms with van der Waals surface area (Å²) >= 11 is 11.4. The van der Waals surface area contributed by atoms with Crippen molar-refractivity contribution in [1.82, 2.24) is 0 Å². The maximum Gasteiger partial charge on any atom is 0.174 e. The molecular formula is C7H12Cl2O2. The van der Waals surface area contributed by atoms with Crippen LogP contribution < -0.4 is 0 Å². The van der Waals surface area contributed by atoms with Crippen LogP contribution in [0.2, 0.25) is 0 Å². The molecule has 1 aliphatic rings. The van der Waals surface area contributed by atoms with Crippen LogP contribution >= 0.6 is 23.2 Å². The Bertz CT molecular complexity index is 139. The summed E-state index contributed by atoms with van der Waals surface area (Å²) in [6.07, 6.45) is 0. The topological polar surface area (TPSA) is 18.5 Å². The Balaban J connectivity index is 2.64. The molecule has 1 aliphatic heterocycles. The van der Waals surface area contributed by atoms with Crippen LogP contribution in [0, 0.1) is 5.92 Å². The fourth-order valence-corrected chi connectivity index (χ4v) is 1.31. The molecule has 1 fully saturated rings. The van der Waals surface area contributed by atoms with E-state index in [9.17, 15) is 0 Å². The van der Waals surface area contributed by atoms with Crippen molar-refractivity contribution in [3.05, 3.63) is 0 Å². The third-order valence-corrected chi connectivity index (χ3v) is 2.71. The van der Waals surface area contributed by atoms with E-state index in [1.165, 1.54) is 0 Å². The zero-order valence-corrected chi connectivity index (χ0v) is 8.32. The summed E-state index contributed by atoms with van der Waals surface area (Å²) in [5.41, 5.74) is -1.08. The normalized spacial score (nSPS) is 45.3. The van der Waals surface area contributed by atoms with Crippen LogP contribution in [0.1, 0.15) is 20.8 Å². The van der Waals surface area contributed by atoms with Crippen LogP contribution in [-0.2, 0) is 9.47 Å². The first-order valence-electron chi connectivity index (χ1n) is 3.59. The van der Waals surface area contributed by atoms with Crippen molar-refractivity contribution in [2.75, 3.05) is 0 Å². The Morgan fingerprint density at radius 3 is 1.73 bits per heavy atom. The molecule has 0 radical (unpaired) electrons. The highest BCUT2D eigenvalue weighted by molar-refractivity contribution is 6.28. The van der Waals surface area contributed by atoms with E-state index in [4.69, 9.17) is 32.7 Å². The zero-order chi connectivity index (χ0) is 8.65. The van der Waals surface area contributed by atoms with Crippen LogP contribution in [0.25, 0.3) is 0 Å². The van der Waals surface area contributed by atoms with E-state index in [2.05, 4.69) is 0 Å². The highest BCUT2D eigenvalue weighted by Gasteiger charge is 2.44. The minimum Gasteiger partial charge on any atom is -0.327 e. The molecule has 0 aromatic rings. The Kier molecular flexibility index (Phi) is 2.70. The minimum atomic E-state index is -0.626. The summed E-state index contributed by atoms with van der Waals surface area (Å²) in [5, 5.41) is 0. The SMILES string of the molecule is CC(C)C1(C)OC(Cl)C(Cl)O1. The van der Waals surface area contributed by atoms with E-state index in [0.29, 0.717) is 0 Å². The predicted octanol–water partition coefficient (Wildman–Crippen LogP) is 2.54. The monoisotopic (exact) mass is 198 g/mol. The number of hydrogen-bond acceptors (Lipinski definition) is 2. The quantitative estimate of drug-likeness (QED) is 0.604. The van der Waals surface area contributed by atoms with E-state index >= 15 is 0 Å². The van der Waals surface area contributed by atoms with Crippen molar-refractivity contribution in [1.29, 1.82) is 0 Å². The van der Waals surface area contributed by atoms with Gasteiger partial charge in [-0.25, -0.2) is 0 Å². The van der Waals surface area contributed by atoms with Crippen molar-refractivity contribution < 1.29 is 9.47 Å². The van der Waals surface area contributed by atoms with Crippen LogP contribution in [0.15, 0.2) is 0 Å². The van der Waals surface area contributed by atoms with Crippen molar-refractivity contribution in [3.63, 3.8) is 0 Å². The molecule has 66 valence electrons. The molecule has 2 unspecified atom stereocenters. The predicted molar refractivity (Wildman–Crippen MR) is 44.7 cm³/mol. The van der Waals surface area contributed by atoms with E-state index in [1.54, 1.807) is 0 Å². The summed E-state index contributed by atoms with van der Waals surface area (Å²) in [4.78, 5) is 0. The summed E-state index contributed by atoms with van der Waals surface area (Å²) in [6, 6.07) is 0. The van der Waals surface area contributed by atoms with Gasteiger partial charge in [-0.3, -0.25) is 0 Å². The molecule has 0 N–H and O–H groups in total. The molecule has 2 nitrogen and oxygen atoms in total. The van der Waals surface area contributed by atoms with Gasteiger partial charge in [0.1, 0.15) is 0 Å². The summed E-state index contributed by atoms with van der Waals surface area (Å²) in [7, 11) is 0. The van der Waals surface area contributed by atoms with Crippen LogP contribution in [0.5, 0.6) is 0 Å². The Hall–Kier alpha value is 0.500. The smallest absolute Gasteiger partial charge is 0.174 e. The average molecular weight is 199 g/mol. The molecule has 0 aromatic heterocycles. The van der Waals surface area contributed by atoms with E-state index < -0.39 is 16.9 Å². The fourth-order valence-electron chi connectivity index (χ4n) is 0.854. The number of rotatable bonds is 1. The van der Waals surface area contributed by atoms with Gasteiger partial charge in [0.25, 0.3) is 0 Å². The number of ether oxygens (including phenoxy) is 2. The van der Waals surface area contributed by atoms with Crippen LogP contribution in [0.4, 0.5) is 0 Å². The molecule has 1 rings (SSSR count). The van der Waals surface area contributed by atoms with Crippen molar-refractivity contribution in [2.24, 2.45) is 5.92 Å². The largest absolute Gasteiger partial charge is 0.327 e. The molecule has 11 heavy (non-hydrogen) atoms. The molecule has 0 amide bonds.